The topological polar surface area (TPSA) is 60.8 Å². The van der Waals surface area contributed by atoms with Gasteiger partial charge in [-0.15, -0.1) is 0 Å². The van der Waals surface area contributed by atoms with Gasteiger partial charge < -0.3 is 15.1 Å². The van der Waals surface area contributed by atoms with E-state index in [1.165, 1.54) is 0 Å². The van der Waals surface area contributed by atoms with Gasteiger partial charge in [-0.3, -0.25) is 4.79 Å². The monoisotopic (exact) mass is 249 g/mol. The van der Waals surface area contributed by atoms with Crippen molar-refractivity contribution in [3.8, 4) is 0 Å². The fourth-order valence-electron chi connectivity index (χ4n) is 2.41. The second-order valence-corrected chi connectivity index (χ2v) is 4.76. The fraction of sp³-hybridized carbons (Fsp3) is 0.500. The van der Waals surface area contributed by atoms with E-state index in [1.807, 2.05) is 30.3 Å². The molecule has 0 aromatic heterocycles. The summed E-state index contributed by atoms with van der Waals surface area (Å²) in [6, 6.07) is 9.63. The quantitative estimate of drug-likeness (QED) is 0.820. The first kappa shape index (κ1) is 13.1. The first-order valence-corrected chi connectivity index (χ1v) is 6.33. The van der Waals surface area contributed by atoms with E-state index >= 15 is 0 Å². The average molecular weight is 249 g/mol. The molecule has 2 unspecified atom stereocenters. The molecule has 2 N–H and O–H groups in total. The summed E-state index contributed by atoms with van der Waals surface area (Å²) < 4.78 is 0. The molecule has 1 aromatic carbocycles. The van der Waals surface area contributed by atoms with E-state index in [9.17, 15) is 15.0 Å². The van der Waals surface area contributed by atoms with Crippen molar-refractivity contribution < 1.29 is 15.0 Å². The molecule has 1 saturated heterocycles. The first-order chi connectivity index (χ1) is 8.70. The number of aryl methyl sites for hydroxylation is 1. The van der Waals surface area contributed by atoms with Crippen LogP contribution < -0.4 is 0 Å². The van der Waals surface area contributed by atoms with Crippen LogP contribution in [0.2, 0.25) is 0 Å². The molecule has 0 radical (unpaired) electrons. The van der Waals surface area contributed by atoms with Crippen LogP contribution in [0.1, 0.15) is 18.4 Å². The van der Waals surface area contributed by atoms with Crippen molar-refractivity contribution in [3.05, 3.63) is 35.9 Å². The van der Waals surface area contributed by atoms with Gasteiger partial charge in [0.2, 0.25) is 5.91 Å². The van der Waals surface area contributed by atoms with Gasteiger partial charge in [0, 0.05) is 13.0 Å². The Morgan fingerprint density at radius 2 is 2.06 bits per heavy atom. The summed E-state index contributed by atoms with van der Waals surface area (Å²) in [5, 5.41) is 18.7. The molecule has 4 heteroatoms. The van der Waals surface area contributed by atoms with Crippen LogP contribution in [0.3, 0.4) is 0 Å². The van der Waals surface area contributed by atoms with Crippen LogP contribution in [0, 0.1) is 0 Å². The SMILES string of the molecule is O=C(CCc1ccccc1)N1CC(O)CC1CO. The predicted molar refractivity (Wildman–Crippen MR) is 68.0 cm³/mol. The molecule has 1 amide bonds. The van der Waals surface area contributed by atoms with Gasteiger partial charge in [-0.25, -0.2) is 0 Å². The van der Waals surface area contributed by atoms with E-state index in [0.717, 1.165) is 5.56 Å². The minimum atomic E-state index is -0.497. The third-order valence-corrected chi connectivity index (χ3v) is 3.39. The Labute approximate surface area is 107 Å². The van der Waals surface area contributed by atoms with Crippen LogP contribution >= 0.6 is 0 Å². The summed E-state index contributed by atoms with van der Waals surface area (Å²) in [7, 11) is 0. The lowest BCUT2D eigenvalue weighted by Crippen LogP contribution is -2.38. The van der Waals surface area contributed by atoms with Crippen LogP contribution in [-0.4, -0.2) is 46.3 Å². The number of benzene rings is 1. The maximum absolute atomic E-state index is 12.0. The van der Waals surface area contributed by atoms with Gasteiger partial charge in [0.05, 0.1) is 18.8 Å². The summed E-state index contributed by atoms with van der Waals surface area (Å²) in [6.45, 7) is 0.271. The summed E-state index contributed by atoms with van der Waals surface area (Å²) in [5.41, 5.74) is 1.13. The van der Waals surface area contributed by atoms with Gasteiger partial charge in [0.25, 0.3) is 0 Å². The number of carbonyl (C=O) groups excluding carboxylic acids is 1. The number of carbonyl (C=O) groups is 1. The van der Waals surface area contributed by atoms with Gasteiger partial charge in [0.1, 0.15) is 0 Å². The van der Waals surface area contributed by atoms with Crippen molar-refractivity contribution in [1.82, 2.24) is 4.90 Å². The van der Waals surface area contributed by atoms with E-state index in [0.29, 0.717) is 25.8 Å². The van der Waals surface area contributed by atoms with E-state index in [1.54, 1.807) is 4.90 Å². The summed E-state index contributed by atoms with van der Waals surface area (Å²) in [5.74, 6) is 0.00875. The number of rotatable bonds is 4. The number of likely N-dealkylation sites (tertiary alicyclic amines) is 1. The van der Waals surface area contributed by atoms with Crippen LogP contribution in [0.25, 0.3) is 0 Å². The highest BCUT2D eigenvalue weighted by molar-refractivity contribution is 5.77. The molecule has 2 atom stereocenters. The Kier molecular flexibility index (Phi) is 4.33. The number of β-amino-alcohol motifs (C(OH)–C–C–N with tert-alkyl or cyclic N) is 1. The van der Waals surface area contributed by atoms with Gasteiger partial charge in [-0.1, -0.05) is 30.3 Å². The maximum Gasteiger partial charge on any atom is 0.223 e. The lowest BCUT2D eigenvalue weighted by Gasteiger charge is -2.22. The van der Waals surface area contributed by atoms with E-state index in [4.69, 9.17) is 0 Å². The van der Waals surface area contributed by atoms with Gasteiger partial charge in [-0.05, 0) is 18.4 Å². The fourth-order valence-corrected chi connectivity index (χ4v) is 2.41. The lowest BCUT2D eigenvalue weighted by molar-refractivity contribution is -0.132. The first-order valence-electron chi connectivity index (χ1n) is 6.33. The molecular formula is C14H19NO3. The lowest BCUT2D eigenvalue weighted by atomic mass is 10.1. The smallest absolute Gasteiger partial charge is 0.223 e. The van der Waals surface area contributed by atoms with E-state index in [-0.39, 0.29) is 18.6 Å². The molecule has 2 rings (SSSR count). The average Bonchev–Trinajstić information content (AvgIpc) is 2.78. The highest BCUT2D eigenvalue weighted by Crippen LogP contribution is 2.19. The van der Waals surface area contributed by atoms with Gasteiger partial charge in [0.15, 0.2) is 0 Å². The molecule has 1 aromatic rings. The number of aliphatic hydroxyl groups is 2. The third-order valence-electron chi connectivity index (χ3n) is 3.39. The second kappa shape index (κ2) is 5.98. The van der Waals surface area contributed by atoms with Crippen LogP contribution in [0.15, 0.2) is 30.3 Å². The molecule has 1 fully saturated rings. The van der Waals surface area contributed by atoms with Crippen molar-refractivity contribution >= 4 is 5.91 Å². The molecule has 98 valence electrons. The van der Waals surface area contributed by atoms with E-state index < -0.39 is 6.10 Å². The number of aliphatic hydroxyl groups excluding tert-OH is 2. The zero-order chi connectivity index (χ0) is 13.0. The molecule has 1 aliphatic heterocycles. The minimum absolute atomic E-state index is 0.00875. The Balaban J connectivity index is 1.88. The zero-order valence-corrected chi connectivity index (χ0v) is 10.3. The Morgan fingerprint density at radius 1 is 1.33 bits per heavy atom. The predicted octanol–water partition coefficient (Wildman–Crippen LogP) is 0.573. The summed E-state index contributed by atoms with van der Waals surface area (Å²) in [6.07, 6.45) is 1.11. The Morgan fingerprint density at radius 3 is 2.72 bits per heavy atom. The Bertz CT molecular complexity index is 393. The number of hydrogen-bond donors (Lipinski definition) is 2. The van der Waals surface area contributed by atoms with Crippen LogP contribution in [0.4, 0.5) is 0 Å². The van der Waals surface area contributed by atoms with Crippen molar-refractivity contribution in [1.29, 1.82) is 0 Å². The summed E-state index contributed by atoms with van der Waals surface area (Å²) in [4.78, 5) is 13.6. The normalized spacial score (nSPS) is 23.3. The van der Waals surface area contributed by atoms with Crippen molar-refractivity contribution in [2.45, 2.75) is 31.4 Å². The van der Waals surface area contributed by atoms with Crippen molar-refractivity contribution in [3.63, 3.8) is 0 Å². The summed E-state index contributed by atoms with van der Waals surface area (Å²) >= 11 is 0. The number of hydrogen-bond acceptors (Lipinski definition) is 3. The van der Waals surface area contributed by atoms with Crippen LogP contribution in [0.5, 0.6) is 0 Å². The molecule has 1 heterocycles. The number of nitrogens with zero attached hydrogens (tertiary/aromatic N) is 1. The standard InChI is InChI=1S/C14H19NO3/c16-10-12-8-13(17)9-15(12)14(18)7-6-11-4-2-1-3-5-11/h1-5,12-13,16-17H,6-10H2. The van der Waals surface area contributed by atoms with Gasteiger partial charge >= 0.3 is 0 Å². The molecule has 0 saturated carbocycles. The molecule has 1 aliphatic rings. The highest BCUT2D eigenvalue weighted by Gasteiger charge is 2.33. The third kappa shape index (κ3) is 3.09. The highest BCUT2D eigenvalue weighted by atomic mass is 16.3. The van der Waals surface area contributed by atoms with Gasteiger partial charge in [-0.2, -0.15) is 0 Å². The second-order valence-electron chi connectivity index (χ2n) is 4.76. The largest absolute Gasteiger partial charge is 0.394 e. The molecule has 4 nitrogen and oxygen atoms in total. The molecule has 0 aliphatic carbocycles. The molecule has 0 bridgehead atoms. The van der Waals surface area contributed by atoms with Crippen LogP contribution in [-0.2, 0) is 11.2 Å². The van der Waals surface area contributed by atoms with Crippen molar-refractivity contribution in [2.24, 2.45) is 0 Å². The minimum Gasteiger partial charge on any atom is -0.394 e. The number of amides is 1. The molecule has 18 heavy (non-hydrogen) atoms. The maximum atomic E-state index is 12.0. The Hall–Kier alpha value is -1.39. The zero-order valence-electron chi connectivity index (χ0n) is 10.3. The molecule has 0 spiro atoms. The molecular weight excluding hydrogens is 230 g/mol. The van der Waals surface area contributed by atoms with E-state index in [2.05, 4.69) is 0 Å². The van der Waals surface area contributed by atoms with Crippen molar-refractivity contribution in [2.75, 3.05) is 13.2 Å².